The number of hydrogen-bond acceptors (Lipinski definition) is 2. The number of nitrogens with zero attached hydrogens (tertiary/aromatic N) is 2. The number of carbonyl (C=O) groups is 1. The van der Waals surface area contributed by atoms with Crippen molar-refractivity contribution in [1.82, 2.24) is 10.6 Å². The summed E-state index contributed by atoms with van der Waals surface area (Å²) in [6.07, 6.45) is 4.52. The van der Waals surface area contributed by atoms with Gasteiger partial charge in [-0.05, 0) is 30.4 Å². The molecule has 126 valence electrons. The van der Waals surface area contributed by atoms with E-state index >= 15 is 0 Å². The number of nitrogens with one attached hydrogen (secondary N) is 2. The van der Waals surface area contributed by atoms with Gasteiger partial charge in [0.05, 0.1) is 6.42 Å². The number of para-hydroxylation sites is 1. The van der Waals surface area contributed by atoms with Crippen LogP contribution in [0.15, 0.2) is 29.3 Å². The normalized spacial score (nSPS) is 17.3. The van der Waals surface area contributed by atoms with Crippen LogP contribution in [0.2, 0.25) is 0 Å². The van der Waals surface area contributed by atoms with Crippen LogP contribution in [0.1, 0.15) is 24.8 Å². The lowest BCUT2D eigenvalue weighted by molar-refractivity contribution is -0.117. The fourth-order valence-electron chi connectivity index (χ4n) is 3.01. The molecule has 1 amide bonds. The molecule has 23 heavy (non-hydrogen) atoms. The summed E-state index contributed by atoms with van der Waals surface area (Å²) < 4.78 is 0. The number of hydrogen-bond donors (Lipinski definition) is 2. The Kier molecular flexibility index (Phi) is 6.68. The lowest BCUT2D eigenvalue weighted by Gasteiger charge is -2.26. The number of halogens is 1. The van der Waals surface area contributed by atoms with Gasteiger partial charge in [-0.25, -0.2) is 0 Å². The van der Waals surface area contributed by atoms with Crippen LogP contribution in [0.4, 0.5) is 5.69 Å². The third kappa shape index (κ3) is 4.37. The number of rotatable bonds is 5. The van der Waals surface area contributed by atoms with Crippen molar-refractivity contribution in [2.75, 3.05) is 31.6 Å². The van der Waals surface area contributed by atoms with Crippen LogP contribution in [0.25, 0.3) is 0 Å². The summed E-state index contributed by atoms with van der Waals surface area (Å²) in [5.74, 6) is 1.80. The van der Waals surface area contributed by atoms with Gasteiger partial charge in [0, 0.05) is 32.4 Å². The molecule has 1 fully saturated rings. The molecule has 0 spiro atoms. The van der Waals surface area contributed by atoms with Crippen LogP contribution in [0.3, 0.4) is 0 Å². The molecule has 2 aliphatic rings. The van der Waals surface area contributed by atoms with Crippen molar-refractivity contribution in [3.63, 3.8) is 0 Å². The minimum absolute atomic E-state index is 0. The van der Waals surface area contributed by atoms with Gasteiger partial charge in [-0.15, -0.1) is 24.0 Å². The van der Waals surface area contributed by atoms with Crippen molar-refractivity contribution in [3.05, 3.63) is 29.8 Å². The average molecular weight is 428 g/mol. The molecule has 0 saturated heterocycles. The molecule has 1 saturated carbocycles. The highest BCUT2D eigenvalue weighted by Crippen LogP contribution is 2.27. The zero-order valence-electron chi connectivity index (χ0n) is 13.5. The van der Waals surface area contributed by atoms with E-state index < -0.39 is 0 Å². The Morgan fingerprint density at radius 1 is 1.30 bits per heavy atom. The first kappa shape index (κ1) is 18.0. The third-order valence-corrected chi connectivity index (χ3v) is 4.56. The van der Waals surface area contributed by atoms with Gasteiger partial charge in [0.2, 0.25) is 5.91 Å². The van der Waals surface area contributed by atoms with E-state index in [1.165, 1.54) is 19.3 Å². The molecule has 0 radical (unpaired) electrons. The van der Waals surface area contributed by atoms with Crippen molar-refractivity contribution in [2.24, 2.45) is 10.9 Å². The smallest absolute Gasteiger partial charge is 0.231 e. The van der Waals surface area contributed by atoms with Crippen LogP contribution >= 0.6 is 24.0 Å². The summed E-state index contributed by atoms with van der Waals surface area (Å²) in [5, 5.41) is 6.66. The molecule has 1 aliphatic heterocycles. The van der Waals surface area contributed by atoms with Crippen molar-refractivity contribution in [3.8, 4) is 0 Å². The predicted molar refractivity (Wildman–Crippen MR) is 105 cm³/mol. The first-order valence-corrected chi connectivity index (χ1v) is 8.10. The number of benzene rings is 1. The highest BCUT2D eigenvalue weighted by molar-refractivity contribution is 14.0. The number of anilines is 1. The van der Waals surface area contributed by atoms with E-state index in [1.807, 2.05) is 29.2 Å². The first-order valence-electron chi connectivity index (χ1n) is 8.10. The lowest BCUT2D eigenvalue weighted by atomic mass is 9.85. The fraction of sp³-hybridized carbons (Fsp3) is 0.529. The molecule has 0 atom stereocenters. The third-order valence-electron chi connectivity index (χ3n) is 4.56. The van der Waals surface area contributed by atoms with E-state index in [-0.39, 0.29) is 29.9 Å². The highest BCUT2D eigenvalue weighted by atomic mass is 127. The summed E-state index contributed by atoms with van der Waals surface area (Å²) in [5.41, 5.74) is 2.17. The second-order valence-electron chi connectivity index (χ2n) is 6.03. The Labute approximate surface area is 154 Å². The summed E-state index contributed by atoms with van der Waals surface area (Å²) in [7, 11) is 1.78. The number of amides is 1. The molecule has 1 heterocycles. The maximum atomic E-state index is 12.1. The van der Waals surface area contributed by atoms with E-state index in [4.69, 9.17) is 0 Å². The summed E-state index contributed by atoms with van der Waals surface area (Å²) in [6.45, 7) is 2.36. The van der Waals surface area contributed by atoms with Crippen molar-refractivity contribution in [2.45, 2.75) is 25.7 Å². The topological polar surface area (TPSA) is 56.7 Å². The van der Waals surface area contributed by atoms with E-state index in [0.29, 0.717) is 19.5 Å². The number of guanidine groups is 1. The van der Waals surface area contributed by atoms with Gasteiger partial charge in [0.25, 0.3) is 0 Å². The molecule has 3 rings (SSSR count). The van der Waals surface area contributed by atoms with Crippen molar-refractivity contribution >= 4 is 41.5 Å². The molecule has 0 unspecified atom stereocenters. The highest BCUT2D eigenvalue weighted by Gasteiger charge is 2.26. The van der Waals surface area contributed by atoms with Crippen LogP contribution in [0.5, 0.6) is 0 Å². The molecule has 0 bridgehead atoms. The zero-order valence-corrected chi connectivity index (χ0v) is 15.9. The number of fused-ring (bicyclic) bond motifs is 1. The van der Waals surface area contributed by atoms with Gasteiger partial charge in [-0.1, -0.05) is 24.6 Å². The molecule has 0 aromatic heterocycles. The minimum atomic E-state index is 0. The number of carbonyl (C=O) groups excluding carboxylic acids is 1. The standard InChI is InChI=1S/C17H24N4O.HI/c1-18-17(20-12-13-5-4-6-13)19-9-10-21-15-8-3-2-7-14(15)11-16(21)22;/h2-3,7-8,13H,4-6,9-12H2,1H3,(H2,18,19,20);1H. The van der Waals surface area contributed by atoms with Crippen LogP contribution in [-0.2, 0) is 11.2 Å². The SMILES string of the molecule is CN=C(NCCN1C(=O)Cc2ccccc21)NCC1CCC1.I. The van der Waals surface area contributed by atoms with Gasteiger partial charge in [0.15, 0.2) is 5.96 Å². The average Bonchev–Trinajstić information content (AvgIpc) is 2.80. The van der Waals surface area contributed by atoms with Gasteiger partial charge < -0.3 is 15.5 Å². The molecule has 1 aromatic carbocycles. The second-order valence-corrected chi connectivity index (χ2v) is 6.03. The Morgan fingerprint density at radius 2 is 2.09 bits per heavy atom. The van der Waals surface area contributed by atoms with Gasteiger partial charge in [0.1, 0.15) is 0 Å². The van der Waals surface area contributed by atoms with Crippen molar-refractivity contribution in [1.29, 1.82) is 0 Å². The largest absolute Gasteiger partial charge is 0.356 e. The first-order chi connectivity index (χ1) is 10.8. The molecular formula is C17H25IN4O. The predicted octanol–water partition coefficient (Wildman–Crippen LogP) is 2.16. The monoisotopic (exact) mass is 428 g/mol. The maximum absolute atomic E-state index is 12.1. The summed E-state index contributed by atoms with van der Waals surface area (Å²) in [4.78, 5) is 18.2. The van der Waals surface area contributed by atoms with E-state index in [1.54, 1.807) is 7.05 Å². The van der Waals surface area contributed by atoms with Gasteiger partial charge >= 0.3 is 0 Å². The molecule has 1 aromatic rings. The second kappa shape index (κ2) is 8.52. The van der Waals surface area contributed by atoms with E-state index in [2.05, 4.69) is 15.6 Å². The summed E-state index contributed by atoms with van der Waals surface area (Å²) >= 11 is 0. The quantitative estimate of drug-likeness (QED) is 0.430. The summed E-state index contributed by atoms with van der Waals surface area (Å²) in [6, 6.07) is 8.01. The maximum Gasteiger partial charge on any atom is 0.231 e. The van der Waals surface area contributed by atoms with E-state index in [9.17, 15) is 4.79 Å². The Morgan fingerprint density at radius 3 is 2.78 bits per heavy atom. The van der Waals surface area contributed by atoms with Crippen molar-refractivity contribution < 1.29 is 4.79 Å². The van der Waals surface area contributed by atoms with Gasteiger partial charge in [-0.3, -0.25) is 9.79 Å². The molecule has 2 N–H and O–H groups in total. The minimum Gasteiger partial charge on any atom is -0.356 e. The van der Waals surface area contributed by atoms with Crippen LogP contribution in [0, 0.1) is 5.92 Å². The van der Waals surface area contributed by atoms with Crippen LogP contribution in [-0.4, -0.2) is 38.5 Å². The molecule has 1 aliphatic carbocycles. The Hall–Kier alpha value is -1.31. The number of aliphatic imine (C=N–C) groups is 1. The molecule has 5 nitrogen and oxygen atoms in total. The Bertz CT molecular complexity index is 571. The fourth-order valence-corrected chi connectivity index (χ4v) is 3.01. The zero-order chi connectivity index (χ0) is 15.4. The molecule has 6 heteroatoms. The Balaban J connectivity index is 0.00000192. The molecular weight excluding hydrogens is 403 g/mol. The van der Waals surface area contributed by atoms with Gasteiger partial charge in [-0.2, -0.15) is 0 Å². The van der Waals surface area contributed by atoms with E-state index in [0.717, 1.165) is 29.7 Å². The van der Waals surface area contributed by atoms with Crippen LogP contribution < -0.4 is 15.5 Å². The lowest BCUT2D eigenvalue weighted by Crippen LogP contribution is -2.44.